The lowest BCUT2D eigenvalue weighted by atomic mass is 9.85. The number of urea groups is 1. The van der Waals surface area contributed by atoms with Crippen molar-refractivity contribution in [1.29, 1.82) is 0 Å². The summed E-state index contributed by atoms with van der Waals surface area (Å²) in [6.07, 6.45) is 1.94. The van der Waals surface area contributed by atoms with Gasteiger partial charge in [-0.15, -0.1) is 0 Å². The summed E-state index contributed by atoms with van der Waals surface area (Å²) in [4.78, 5) is 53.0. The van der Waals surface area contributed by atoms with Gasteiger partial charge in [-0.1, -0.05) is 23.7 Å². The minimum Gasteiger partial charge on any atom is -0.481 e. The number of imide groups is 1. The number of fused-ring (bicyclic) bond motifs is 2. The van der Waals surface area contributed by atoms with E-state index in [2.05, 4.69) is 0 Å². The number of aryl methyl sites for hydroxylation is 1. The smallest absolute Gasteiger partial charge is 0.419 e. The van der Waals surface area contributed by atoms with Crippen LogP contribution in [0, 0.1) is 5.92 Å². The third kappa shape index (κ3) is 3.31. The Hall–Kier alpha value is -3.59. The summed E-state index contributed by atoms with van der Waals surface area (Å²) in [7, 11) is 1.56. The molecule has 0 spiro atoms. The second-order valence-corrected chi connectivity index (χ2v) is 8.69. The second-order valence-electron chi connectivity index (χ2n) is 8.29. The number of hydrogen-bond donors (Lipinski definition) is 1. The van der Waals surface area contributed by atoms with Crippen LogP contribution in [-0.2, 0) is 23.1 Å². The number of hydrogen-bond acceptors (Lipinski definition) is 5. The zero-order valence-electron chi connectivity index (χ0n) is 17.7. The fraction of sp³-hybridized carbons (Fsp3) is 0.304. The Morgan fingerprint density at radius 2 is 1.97 bits per heavy atom. The van der Waals surface area contributed by atoms with E-state index in [-0.39, 0.29) is 12.1 Å². The van der Waals surface area contributed by atoms with Crippen molar-refractivity contribution in [2.75, 3.05) is 11.4 Å². The van der Waals surface area contributed by atoms with Crippen molar-refractivity contribution in [2.45, 2.75) is 25.3 Å². The summed E-state index contributed by atoms with van der Waals surface area (Å²) in [5.74, 6) is -4.03. The van der Waals surface area contributed by atoms with Gasteiger partial charge in [0, 0.05) is 23.8 Å². The number of halogens is 1. The summed E-state index contributed by atoms with van der Waals surface area (Å²) < 4.78 is 6.55. The fourth-order valence-electron chi connectivity index (χ4n) is 4.76. The predicted molar refractivity (Wildman–Crippen MR) is 119 cm³/mol. The van der Waals surface area contributed by atoms with Gasteiger partial charge in [0.25, 0.3) is 0 Å². The lowest BCUT2D eigenvalue weighted by molar-refractivity contribution is -0.151. The molecule has 170 valence electrons. The number of carboxylic acids is 1. The number of oxazole rings is 1. The molecule has 5 rings (SSSR count). The van der Waals surface area contributed by atoms with Gasteiger partial charge in [-0.25, -0.2) is 9.59 Å². The van der Waals surface area contributed by atoms with E-state index < -0.39 is 35.6 Å². The van der Waals surface area contributed by atoms with Crippen LogP contribution in [0.4, 0.5) is 10.5 Å². The highest BCUT2D eigenvalue weighted by Gasteiger charge is 2.47. The number of rotatable bonds is 3. The summed E-state index contributed by atoms with van der Waals surface area (Å²) in [5.41, 5.74) is 2.76. The van der Waals surface area contributed by atoms with Crippen molar-refractivity contribution < 1.29 is 23.9 Å². The summed E-state index contributed by atoms with van der Waals surface area (Å²) in [5, 5.41) is 10.3. The lowest BCUT2D eigenvalue weighted by Gasteiger charge is -2.42. The number of anilines is 1. The monoisotopic (exact) mass is 469 g/mol. The molecule has 1 unspecified atom stereocenters. The zero-order valence-corrected chi connectivity index (χ0v) is 18.4. The van der Waals surface area contributed by atoms with Gasteiger partial charge >= 0.3 is 17.8 Å². The average molecular weight is 470 g/mol. The van der Waals surface area contributed by atoms with Gasteiger partial charge in [0.05, 0.1) is 18.1 Å². The Labute approximate surface area is 192 Å². The van der Waals surface area contributed by atoms with Crippen molar-refractivity contribution >= 4 is 46.3 Å². The second kappa shape index (κ2) is 7.77. The maximum atomic E-state index is 13.6. The van der Waals surface area contributed by atoms with E-state index >= 15 is 0 Å². The number of carboxylic acid groups (broad SMARTS) is 1. The molecule has 3 amide bonds. The highest BCUT2D eigenvalue weighted by molar-refractivity contribution is 6.31. The Kier molecular flexibility index (Phi) is 5.01. The lowest BCUT2D eigenvalue weighted by Crippen LogP contribution is -2.60. The molecule has 2 atom stereocenters. The van der Waals surface area contributed by atoms with Crippen molar-refractivity contribution in [1.82, 2.24) is 9.47 Å². The molecule has 33 heavy (non-hydrogen) atoms. The summed E-state index contributed by atoms with van der Waals surface area (Å²) in [6, 6.07) is 8.85. The summed E-state index contributed by atoms with van der Waals surface area (Å²) in [6.45, 7) is -0.318. The largest absolute Gasteiger partial charge is 0.481 e. The van der Waals surface area contributed by atoms with Crippen molar-refractivity contribution in [3.8, 4) is 0 Å². The predicted octanol–water partition coefficient (Wildman–Crippen LogP) is 3.33. The maximum absolute atomic E-state index is 13.6. The first kappa shape index (κ1) is 21.3. The van der Waals surface area contributed by atoms with Crippen molar-refractivity contribution in [3.05, 3.63) is 63.1 Å². The molecule has 2 aromatic carbocycles. The molecule has 0 radical (unpaired) electrons. The zero-order chi connectivity index (χ0) is 23.4. The fourth-order valence-corrected chi connectivity index (χ4v) is 5.03. The van der Waals surface area contributed by atoms with E-state index in [0.29, 0.717) is 29.1 Å². The van der Waals surface area contributed by atoms with Gasteiger partial charge in [0.15, 0.2) is 11.5 Å². The minimum absolute atomic E-state index is 0.262. The first-order valence-electron chi connectivity index (χ1n) is 10.5. The standard InChI is InChI=1S/C23H20ClN3O6/c1-25-18-9-8-12(10-19(18)33-23(25)32)26-11-15(21(29)30)20(28)27(22(26)31)17-7-3-4-13-14(17)5-2-6-16(13)24/h2,5-6,8-10,15,17H,3-4,7,11H2,1H3,(H,29,30)/t15?,17-/m0/s1. The van der Waals surface area contributed by atoms with E-state index in [0.717, 1.165) is 22.4 Å². The van der Waals surface area contributed by atoms with Gasteiger partial charge in [0.2, 0.25) is 5.91 Å². The summed E-state index contributed by atoms with van der Waals surface area (Å²) >= 11 is 6.36. The van der Waals surface area contributed by atoms with E-state index in [1.54, 1.807) is 31.3 Å². The van der Waals surface area contributed by atoms with Crippen LogP contribution in [-0.4, -0.2) is 39.0 Å². The van der Waals surface area contributed by atoms with Crippen LogP contribution >= 0.6 is 11.6 Å². The average Bonchev–Trinajstić information content (AvgIpc) is 3.07. The van der Waals surface area contributed by atoms with E-state index in [1.165, 1.54) is 15.5 Å². The van der Waals surface area contributed by atoms with E-state index in [9.17, 15) is 24.3 Å². The third-order valence-electron chi connectivity index (χ3n) is 6.45. The van der Waals surface area contributed by atoms with Crippen molar-refractivity contribution in [3.63, 3.8) is 0 Å². The molecule has 2 heterocycles. The Morgan fingerprint density at radius 3 is 2.73 bits per heavy atom. The van der Waals surface area contributed by atoms with Gasteiger partial charge < -0.3 is 9.52 Å². The number of carbonyl (C=O) groups is 3. The number of amides is 3. The Bertz CT molecular complexity index is 1380. The van der Waals surface area contributed by atoms with Crippen LogP contribution in [0.25, 0.3) is 11.1 Å². The molecule has 1 aliphatic carbocycles. The van der Waals surface area contributed by atoms with Crippen LogP contribution in [0.1, 0.15) is 30.0 Å². The molecule has 1 N–H and O–H groups in total. The molecule has 1 aromatic heterocycles. The molecule has 1 fully saturated rings. The topological polar surface area (TPSA) is 113 Å². The highest BCUT2D eigenvalue weighted by Crippen LogP contribution is 2.40. The molecular formula is C23H20ClN3O6. The van der Waals surface area contributed by atoms with Gasteiger partial charge in [-0.05, 0) is 48.6 Å². The number of aliphatic carboxylic acids is 1. The minimum atomic E-state index is -1.43. The van der Waals surface area contributed by atoms with Gasteiger partial charge in [-0.3, -0.25) is 24.0 Å². The molecule has 3 aromatic rings. The highest BCUT2D eigenvalue weighted by atomic mass is 35.5. The molecule has 2 aliphatic rings. The molecule has 0 saturated carbocycles. The van der Waals surface area contributed by atoms with Crippen LogP contribution in [0.5, 0.6) is 0 Å². The van der Waals surface area contributed by atoms with E-state index in [1.807, 2.05) is 6.07 Å². The molecule has 1 aliphatic heterocycles. The molecule has 10 heteroatoms. The number of benzene rings is 2. The SMILES string of the molecule is Cn1c(=O)oc2cc(N3CC(C(=O)O)C(=O)N([C@H]4CCCc5c(Cl)cccc54)C3=O)ccc21. The Morgan fingerprint density at radius 1 is 1.18 bits per heavy atom. The first-order valence-corrected chi connectivity index (χ1v) is 10.9. The van der Waals surface area contributed by atoms with Crippen molar-refractivity contribution in [2.24, 2.45) is 13.0 Å². The van der Waals surface area contributed by atoms with E-state index in [4.69, 9.17) is 16.0 Å². The molecule has 0 bridgehead atoms. The van der Waals surface area contributed by atoms with Gasteiger partial charge in [0.1, 0.15) is 0 Å². The molecule has 1 saturated heterocycles. The normalized spacial score (nSPS) is 20.9. The van der Waals surface area contributed by atoms with Crippen LogP contribution in [0.15, 0.2) is 45.6 Å². The first-order chi connectivity index (χ1) is 15.8. The molecule has 9 nitrogen and oxygen atoms in total. The van der Waals surface area contributed by atoms with Crippen LogP contribution < -0.4 is 10.7 Å². The Balaban J connectivity index is 1.60. The van der Waals surface area contributed by atoms with Gasteiger partial charge in [-0.2, -0.15) is 0 Å². The quantitative estimate of drug-likeness (QED) is 0.589. The maximum Gasteiger partial charge on any atom is 0.419 e. The third-order valence-corrected chi connectivity index (χ3v) is 6.81. The molecular weight excluding hydrogens is 450 g/mol. The van der Waals surface area contributed by atoms with Crippen LogP contribution in [0.3, 0.4) is 0 Å². The number of nitrogens with zero attached hydrogens (tertiary/aromatic N) is 3. The van der Waals surface area contributed by atoms with Crippen LogP contribution in [0.2, 0.25) is 5.02 Å². The number of carbonyl (C=O) groups excluding carboxylic acids is 2. The number of aromatic nitrogens is 1.